The Labute approximate surface area is 174 Å². The number of carbonyl (C=O) groups excluding carboxylic acids is 1. The van der Waals surface area contributed by atoms with E-state index in [1.807, 2.05) is 28.8 Å². The van der Waals surface area contributed by atoms with Crippen LogP contribution in [0, 0.1) is 0 Å². The smallest absolute Gasteiger partial charge is 0.338 e. The van der Waals surface area contributed by atoms with E-state index in [9.17, 15) is 9.90 Å². The maximum Gasteiger partial charge on any atom is 0.338 e. The SMILES string of the molecule is CCCC1=C(C(=O)OCC)C(c2ccc(O)c(OC)c2)n2c(nc3ccccc32)N1. The molecule has 0 fully saturated rings. The lowest BCUT2D eigenvalue weighted by Crippen LogP contribution is -2.29. The highest BCUT2D eigenvalue weighted by Crippen LogP contribution is 2.42. The van der Waals surface area contributed by atoms with E-state index in [0.29, 0.717) is 23.7 Å². The Bertz CT molecular complexity index is 1130. The van der Waals surface area contributed by atoms with Gasteiger partial charge in [0.25, 0.3) is 0 Å². The fourth-order valence-corrected chi connectivity index (χ4v) is 3.96. The van der Waals surface area contributed by atoms with Crippen molar-refractivity contribution < 1.29 is 19.4 Å². The molecule has 30 heavy (non-hydrogen) atoms. The van der Waals surface area contributed by atoms with Gasteiger partial charge in [-0.25, -0.2) is 9.78 Å². The molecule has 0 aliphatic carbocycles. The first-order valence-electron chi connectivity index (χ1n) is 10.1. The van der Waals surface area contributed by atoms with E-state index in [-0.39, 0.29) is 18.3 Å². The van der Waals surface area contributed by atoms with E-state index in [1.165, 1.54) is 7.11 Å². The minimum absolute atomic E-state index is 0.0429. The van der Waals surface area contributed by atoms with Crippen LogP contribution < -0.4 is 10.1 Å². The Morgan fingerprint density at radius 2 is 2.03 bits per heavy atom. The van der Waals surface area contributed by atoms with E-state index in [4.69, 9.17) is 14.5 Å². The van der Waals surface area contributed by atoms with E-state index in [0.717, 1.165) is 28.7 Å². The summed E-state index contributed by atoms with van der Waals surface area (Å²) in [4.78, 5) is 17.9. The lowest BCUT2D eigenvalue weighted by Gasteiger charge is -2.31. The zero-order valence-corrected chi connectivity index (χ0v) is 17.3. The molecule has 1 aliphatic rings. The van der Waals surface area contributed by atoms with Crippen molar-refractivity contribution in [3.8, 4) is 11.5 Å². The number of methoxy groups -OCH3 is 1. The molecule has 2 heterocycles. The number of nitrogens with one attached hydrogen (secondary N) is 1. The molecule has 0 bridgehead atoms. The van der Waals surface area contributed by atoms with Gasteiger partial charge in [0.1, 0.15) is 0 Å². The summed E-state index contributed by atoms with van der Waals surface area (Å²) in [6.07, 6.45) is 1.54. The van der Waals surface area contributed by atoms with Gasteiger partial charge in [0.05, 0.1) is 36.4 Å². The van der Waals surface area contributed by atoms with Gasteiger partial charge in [0, 0.05) is 5.70 Å². The van der Waals surface area contributed by atoms with E-state index < -0.39 is 6.04 Å². The molecule has 0 saturated heterocycles. The fraction of sp³-hybridized carbons (Fsp3) is 0.304. The van der Waals surface area contributed by atoms with Crippen LogP contribution in [0.2, 0.25) is 0 Å². The Morgan fingerprint density at radius 1 is 1.23 bits per heavy atom. The predicted molar refractivity (Wildman–Crippen MR) is 115 cm³/mol. The third kappa shape index (κ3) is 3.26. The van der Waals surface area contributed by atoms with E-state index in [2.05, 4.69) is 12.2 Å². The molecule has 0 saturated carbocycles. The lowest BCUT2D eigenvalue weighted by atomic mass is 9.93. The van der Waals surface area contributed by atoms with Gasteiger partial charge in [-0.3, -0.25) is 4.57 Å². The van der Waals surface area contributed by atoms with Crippen molar-refractivity contribution >= 4 is 23.0 Å². The molecule has 1 aromatic heterocycles. The molecular weight excluding hydrogens is 382 g/mol. The molecule has 1 unspecified atom stereocenters. The second-order valence-corrected chi connectivity index (χ2v) is 7.12. The number of allylic oxidation sites excluding steroid dienone is 1. The average Bonchev–Trinajstić information content (AvgIpc) is 3.11. The Hall–Kier alpha value is -3.48. The number of hydrogen-bond donors (Lipinski definition) is 2. The summed E-state index contributed by atoms with van der Waals surface area (Å²) < 4.78 is 12.8. The highest BCUT2D eigenvalue weighted by molar-refractivity contribution is 5.94. The molecule has 7 heteroatoms. The number of hydrogen-bond acceptors (Lipinski definition) is 6. The maximum absolute atomic E-state index is 13.1. The number of rotatable bonds is 6. The Balaban J connectivity index is 2.01. The van der Waals surface area contributed by atoms with Crippen LogP contribution in [0.15, 0.2) is 53.7 Å². The third-order valence-corrected chi connectivity index (χ3v) is 5.23. The van der Waals surface area contributed by atoms with Gasteiger partial charge in [-0.1, -0.05) is 31.5 Å². The molecule has 0 radical (unpaired) electrons. The van der Waals surface area contributed by atoms with Crippen LogP contribution in [0.5, 0.6) is 11.5 Å². The summed E-state index contributed by atoms with van der Waals surface area (Å²) in [5.74, 6) is 0.692. The first-order chi connectivity index (χ1) is 14.6. The number of esters is 1. The zero-order valence-electron chi connectivity index (χ0n) is 17.3. The summed E-state index contributed by atoms with van der Waals surface area (Å²) in [5.41, 5.74) is 3.87. The molecule has 3 aromatic rings. The molecule has 1 aliphatic heterocycles. The van der Waals surface area contributed by atoms with Crippen molar-refractivity contribution in [3.05, 3.63) is 59.3 Å². The number of nitrogens with zero attached hydrogens (tertiary/aromatic N) is 2. The van der Waals surface area contributed by atoms with Gasteiger partial charge in [-0.15, -0.1) is 0 Å². The number of ether oxygens (including phenoxy) is 2. The topological polar surface area (TPSA) is 85.6 Å². The monoisotopic (exact) mass is 407 g/mol. The van der Waals surface area contributed by atoms with Crippen molar-refractivity contribution in [2.75, 3.05) is 19.0 Å². The number of aromatic hydroxyl groups is 1. The normalized spacial score (nSPS) is 15.6. The van der Waals surface area contributed by atoms with Crippen LogP contribution in [0.3, 0.4) is 0 Å². The highest BCUT2D eigenvalue weighted by Gasteiger charge is 2.36. The molecule has 1 atom stereocenters. The van der Waals surface area contributed by atoms with Gasteiger partial charge in [-0.2, -0.15) is 0 Å². The summed E-state index contributed by atoms with van der Waals surface area (Å²) in [7, 11) is 1.50. The number of phenols is 1. The van der Waals surface area contributed by atoms with E-state index >= 15 is 0 Å². The summed E-state index contributed by atoms with van der Waals surface area (Å²) in [6, 6.07) is 12.5. The molecule has 156 valence electrons. The molecule has 4 rings (SSSR count). The molecule has 0 amide bonds. The van der Waals surface area contributed by atoms with Crippen molar-refractivity contribution in [3.63, 3.8) is 0 Å². The van der Waals surface area contributed by atoms with Gasteiger partial charge < -0.3 is 19.9 Å². The highest BCUT2D eigenvalue weighted by atomic mass is 16.5. The van der Waals surface area contributed by atoms with Gasteiger partial charge in [0.15, 0.2) is 11.5 Å². The van der Waals surface area contributed by atoms with Crippen molar-refractivity contribution in [1.82, 2.24) is 9.55 Å². The largest absolute Gasteiger partial charge is 0.504 e. The van der Waals surface area contributed by atoms with Crippen LogP contribution in [0.25, 0.3) is 11.0 Å². The Morgan fingerprint density at radius 3 is 2.77 bits per heavy atom. The Kier molecular flexibility index (Phi) is 5.35. The molecule has 0 spiro atoms. The zero-order chi connectivity index (χ0) is 21.3. The molecule has 2 N–H and O–H groups in total. The van der Waals surface area contributed by atoms with Crippen LogP contribution in [-0.2, 0) is 9.53 Å². The van der Waals surface area contributed by atoms with Crippen LogP contribution in [0.1, 0.15) is 38.3 Å². The second kappa shape index (κ2) is 8.10. The van der Waals surface area contributed by atoms with E-state index in [1.54, 1.807) is 25.1 Å². The third-order valence-electron chi connectivity index (χ3n) is 5.23. The van der Waals surface area contributed by atoms with Crippen molar-refractivity contribution in [2.24, 2.45) is 0 Å². The maximum atomic E-state index is 13.1. The number of benzene rings is 2. The summed E-state index contributed by atoms with van der Waals surface area (Å²) in [6.45, 7) is 4.14. The van der Waals surface area contributed by atoms with Crippen molar-refractivity contribution in [1.29, 1.82) is 0 Å². The first-order valence-corrected chi connectivity index (χ1v) is 10.1. The van der Waals surface area contributed by atoms with Crippen LogP contribution >= 0.6 is 0 Å². The number of phenolic OH excluding ortho intramolecular Hbond substituents is 1. The second-order valence-electron chi connectivity index (χ2n) is 7.12. The number of imidazole rings is 1. The van der Waals surface area contributed by atoms with Gasteiger partial charge in [0.2, 0.25) is 5.95 Å². The quantitative estimate of drug-likeness (QED) is 0.590. The van der Waals surface area contributed by atoms with Gasteiger partial charge >= 0.3 is 5.97 Å². The summed E-state index contributed by atoms with van der Waals surface area (Å²) in [5, 5.41) is 13.5. The number of fused-ring (bicyclic) bond motifs is 3. The van der Waals surface area contributed by atoms with Crippen LogP contribution in [0.4, 0.5) is 5.95 Å². The number of para-hydroxylation sites is 2. The first kappa shape index (κ1) is 19.8. The predicted octanol–water partition coefficient (Wildman–Crippen LogP) is 4.38. The van der Waals surface area contributed by atoms with Gasteiger partial charge in [-0.05, 0) is 43.2 Å². The molecule has 2 aromatic carbocycles. The minimum atomic E-state index is -0.469. The minimum Gasteiger partial charge on any atom is -0.504 e. The van der Waals surface area contributed by atoms with Crippen molar-refractivity contribution in [2.45, 2.75) is 32.7 Å². The molecule has 7 nitrogen and oxygen atoms in total. The number of carbonyl (C=O) groups is 1. The standard InChI is InChI=1S/C23H25N3O4/c1-4-8-16-20(22(28)30-5-2)21(14-11-12-18(27)19(13-14)29-3)26-17-10-7-6-9-15(17)24-23(26)25-16/h6-7,9-13,21,27H,4-5,8H2,1-3H3,(H,24,25). The fourth-order valence-electron chi connectivity index (χ4n) is 3.96. The number of aromatic nitrogens is 2. The van der Waals surface area contributed by atoms with Crippen LogP contribution in [-0.4, -0.2) is 34.3 Å². The average molecular weight is 407 g/mol. The molecular formula is C23H25N3O4. The lowest BCUT2D eigenvalue weighted by molar-refractivity contribution is -0.139. The summed E-state index contributed by atoms with van der Waals surface area (Å²) >= 11 is 0. The number of anilines is 1.